The van der Waals surface area contributed by atoms with E-state index < -0.39 is 23.8 Å². The van der Waals surface area contributed by atoms with Crippen LogP contribution < -0.4 is 14.4 Å². The van der Waals surface area contributed by atoms with Crippen LogP contribution in [0.5, 0.6) is 11.5 Å². The first-order valence-corrected chi connectivity index (χ1v) is 13.8. The summed E-state index contributed by atoms with van der Waals surface area (Å²) in [4.78, 5) is 60.1. The van der Waals surface area contributed by atoms with Crippen molar-refractivity contribution < 1.29 is 33.8 Å². The molecule has 40 heavy (non-hydrogen) atoms. The highest BCUT2D eigenvalue weighted by atomic mass is 16.7. The molecule has 3 aliphatic heterocycles. The van der Waals surface area contributed by atoms with Crippen molar-refractivity contribution in [3.63, 3.8) is 0 Å². The summed E-state index contributed by atoms with van der Waals surface area (Å²) in [5.41, 5.74) is 1.46. The van der Waals surface area contributed by atoms with Gasteiger partial charge < -0.3 is 19.5 Å². The number of likely N-dealkylation sites (tertiary alicyclic amines) is 2. The molecule has 2 saturated heterocycles. The van der Waals surface area contributed by atoms with Crippen molar-refractivity contribution >= 4 is 29.4 Å². The summed E-state index contributed by atoms with van der Waals surface area (Å²) < 4.78 is 11.0. The number of anilines is 1. The number of carboxylic acids is 1. The van der Waals surface area contributed by atoms with E-state index in [2.05, 4.69) is 11.9 Å². The number of hydrogen-bond acceptors (Lipinski definition) is 8. The quantitative estimate of drug-likeness (QED) is 0.420. The van der Waals surface area contributed by atoms with Gasteiger partial charge >= 0.3 is 5.97 Å². The Bertz CT molecular complexity index is 1250. The van der Waals surface area contributed by atoms with Crippen LogP contribution in [0.4, 0.5) is 5.69 Å². The smallest absolute Gasteiger partial charge is 0.308 e. The number of carboxylic acid groups (broad SMARTS) is 1. The highest BCUT2D eigenvalue weighted by molar-refractivity contribution is 6.01. The average molecular weight is 551 g/mol. The lowest BCUT2D eigenvalue weighted by atomic mass is 9.84. The number of imide groups is 1. The molecule has 2 fully saturated rings. The Kier molecular flexibility index (Phi) is 8.29. The normalized spacial score (nSPS) is 22.2. The molecule has 11 heteroatoms. The molecule has 5 rings (SSSR count). The largest absolute Gasteiger partial charge is 0.481 e. The molecule has 1 aromatic heterocycles. The standard InChI is InChI=1S/C29H34N4O7/c1-2-3-12-32(20-5-4-11-30-15-20)27(36)17-31-16-21(19-6-7-23-24(14-19)40-18-39-23)28(29(37)38)22(31)10-13-33-25(34)8-9-26(33)35/h4-7,11,14-15,21-22,28H,2-3,8-10,12-13,16-18H2,1H3,(H,37,38)/t21-,22+,28-/m1/s1. The lowest BCUT2D eigenvalue weighted by Gasteiger charge is -2.30. The van der Waals surface area contributed by atoms with Crippen LogP contribution in [0.25, 0.3) is 0 Å². The molecule has 212 valence electrons. The first-order chi connectivity index (χ1) is 19.4. The van der Waals surface area contributed by atoms with Gasteiger partial charge in [0.25, 0.3) is 0 Å². The summed E-state index contributed by atoms with van der Waals surface area (Å²) in [6, 6.07) is 8.47. The third kappa shape index (κ3) is 5.65. The van der Waals surface area contributed by atoms with Gasteiger partial charge in [0.2, 0.25) is 24.5 Å². The van der Waals surface area contributed by atoms with Crippen molar-refractivity contribution in [3.05, 3.63) is 48.3 Å². The minimum Gasteiger partial charge on any atom is -0.481 e. The summed E-state index contributed by atoms with van der Waals surface area (Å²) in [5.74, 6) is -1.76. The second kappa shape index (κ2) is 12.0. The van der Waals surface area contributed by atoms with E-state index in [1.165, 1.54) is 4.90 Å². The van der Waals surface area contributed by atoms with E-state index in [1.807, 2.05) is 23.1 Å². The van der Waals surface area contributed by atoms with Gasteiger partial charge in [-0.25, -0.2) is 0 Å². The second-order valence-corrected chi connectivity index (χ2v) is 10.4. The number of aliphatic carboxylic acids is 1. The van der Waals surface area contributed by atoms with Crippen LogP contribution in [0, 0.1) is 5.92 Å². The lowest BCUT2D eigenvalue weighted by Crippen LogP contribution is -2.46. The monoisotopic (exact) mass is 550 g/mol. The topological polar surface area (TPSA) is 130 Å². The van der Waals surface area contributed by atoms with Crippen molar-refractivity contribution in [1.82, 2.24) is 14.8 Å². The Morgan fingerprint density at radius 2 is 1.90 bits per heavy atom. The fourth-order valence-electron chi connectivity index (χ4n) is 5.95. The van der Waals surface area contributed by atoms with E-state index in [4.69, 9.17) is 9.47 Å². The van der Waals surface area contributed by atoms with Gasteiger partial charge in [-0.05, 0) is 42.7 Å². The molecular weight excluding hydrogens is 516 g/mol. The Morgan fingerprint density at radius 1 is 1.12 bits per heavy atom. The van der Waals surface area contributed by atoms with Crippen molar-refractivity contribution in [2.75, 3.05) is 37.9 Å². The van der Waals surface area contributed by atoms with Gasteiger partial charge in [0.05, 0.1) is 24.3 Å². The molecule has 3 amide bonds. The number of pyridine rings is 1. The minimum absolute atomic E-state index is 0.00397. The maximum Gasteiger partial charge on any atom is 0.308 e. The van der Waals surface area contributed by atoms with Crippen LogP contribution >= 0.6 is 0 Å². The molecule has 0 radical (unpaired) electrons. The molecule has 3 atom stereocenters. The lowest BCUT2D eigenvalue weighted by molar-refractivity contribution is -0.143. The Labute approximate surface area is 232 Å². The number of aromatic nitrogens is 1. The maximum absolute atomic E-state index is 13.7. The Balaban J connectivity index is 1.43. The SMILES string of the molecule is CCCCN(C(=O)CN1C[C@H](c2ccc3c(c2)OCO3)[C@@H](C(=O)O)[C@@H]1CCN1C(=O)CCC1=O)c1cccnc1. The zero-order valence-corrected chi connectivity index (χ0v) is 22.5. The molecule has 1 N–H and O–H groups in total. The number of ether oxygens (including phenoxy) is 2. The number of carbonyl (C=O) groups excluding carboxylic acids is 3. The van der Waals surface area contributed by atoms with Gasteiger partial charge in [0.15, 0.2) is 11.5 Å². The molecule has 1 aromatic carbocycles. The predicted molar refractivity (Wildman–Crippen MR) is 144 cm³/mol. The number of fused-ring (bicyclic) bond motifs is 1. The number of unbranched alkanes of at least 4 members (excludes halogenated alkanes) is 1. The number of carbonyl (C=O) groups is 4. The van der Waals surface area contributed by atoms with Gasteiger partial charge in [-0.15, -0.1) is 0 Å². The van der Waals surface area contributed by atoms with Crippen LogP contribution in [-0.2, 0) is 19.2 Å². The van der Waals surface area contributed by atoms with Gasteiger partial charge in [-0.3, -0.25) is 34.0 Å². The molecule has 4 heterocycles. The van der Waals surface area contributed by atoms with E-state index >= 15 is 0 Å². The third-order valence-corrected chi connectivity index (χ3v) is 7.99. The van der Waals surface area contributed by atoms with Gasteiger partial charge in [-0.2, -0.15) is 0 Å². The molecule has 11 nitrogen and oxygen atoms in total. The third-order valence-electron chi connectivity index (χ3n) is 7.99. The van der Waals surface area contributed by atoms with Gasteiger partial charge in [-0.1, -0.05) is 19.4 Å². The summed E-state index contributed by atoms with van der Waals surface area (Å²) in [5, 5.41) is 10.4. The van der Waals surface area contributed by atoms with Crippen LogP contribution in [0.1, 0.15) is 50.5 Å². The number of nitrogens with zero attached hydrogens (tertiary/aromatic N) is 4. The van der Waals surface area contributed by atoms with E-state index in [-0.39, 0.29) is 56.9 Å². The average Bonchev–Trinajstić information content (AvgIpc) is 3.65. The number of hydrogen-bond donors (Lipinski definition) is 1. The van der Waals surface area contributed by atoms with E-state index in [9.17, 15) is 24.3 Å². The van der Waals surface area contributed by atoms with Gasteiger partial charge in [0, 0.05) is 50.6 Å². The van der Waals surface area contributed by atoms with Crippen molar-refractivity contribution in [2.45, 2.75) is 51.0 Å². The van der Waals surface area contributed by atoms with Crippen LogP contribution in [0.15, 0.2) is 42.7 Å². The number of benzene rings is 1. The number of rotatable bonds is 11. The Hall–Kier alpha value is -3.99. The predicted octanol–water partition coefficient (Wildman–Crippen LogP) is 2.65. The number of amides is 3. The zero-order valence-electron chi connectivity index (χ0n) is 22.5. The fourth-order valence-corrected chi connectivity index (χ4v) is 5.95. The first-order valence-electron chi connectivity index (χ1n) is 13.8. The van der Waals surface area contributed by atoms with Crippen molar-refractivity contribution in [2.24, 2.45) is 5.92 Å². The van der Waals surface area contributed by atoms with Crippen LogP contribution in [-0.4, -0.2) is 82.6 Å². The van der Waals surface area contributed by atoms with E-state index in [0.29, 0.717) is 30.3 Å². The highest BCUT2D eigenvalue weighted by Crippen LogP contribution is 2.43. The van der Waals surface area contributed by atoms with E-state index in [1.54, 1.807) is 29.4 Å². The summed E-state index contributed by atoms with van der Waals surface area (Å²) >= 11 is 0. The molecule has 0 saturated carbocycles. The maximum atomic E-state index is 13.7. The molecule has 0 spiro atoms. The molecular formula is C29H34N4O7. The molecule has 0 aliphatic carbocycles. The first kappa shape index (κ1) is 27.6. The zero-order chi connectivity index (χ0) is 28.2. The van der Waals surface area contributed by atoms with Crippen molar-refractivity contribution in [1.29, 1.82) is 0 Å². The minimum atomic E-state index is -0.989. The fraction of sp³-hybridized carbons (Fsp3) is 0.483. The second-order valence-electron chi connectivity index (χ2n) is 10.4. The van der Waals surface area contributed by atoms with Gasteiger partial charge in [0.1, 0.15) is 0 Å². The van der Waals surface area contributed by atoms with Crippen LogP contribution in [0.2, 0.25) is 0 Å². The molecule has 3 aliphatic rings. The summed E-state index contributed by atoms with van der Waals surface area (Å²) in [6.45, 7) is 3.11. The summed E-state index contributed by atoms with van der Waals surface area (Å²) in [7, 11) is 0. The molecule has 0 unspecified atom stereocenters. The Morgan fingerprint density at radius 3 is 2.60 bits per heavy atom. The summed E-state index contributed by atoms with van der Waals surface area (Å²) in [6.07, 6.45) is 5.61. The highest BCUT2D eigenvalue weighted by Gasteiger charge is 2.48. The van der Waals surface area contributed by atoms with E-state index in [0.717, 1.165) is 18.4 Å². The van der Waals surface area contributed by atoms with Crippen LogP contribution in [0.3, 0.4) is 0 Å². The molecule has 0 bridgehead atoms. The molecule has 2 aromatic rings. The van der Waals surface area contributed by atoms with Crippen molar-refractivity contribution in [3.8, 4) is 11.5 Å².